The highest BCUT2D eigenvalue weighted by molar-refractivity contribution is 5.99. The first-order valence-corrected chi connectivity index (χ1v) is 8.53. The van der Waals surface area contributed by atoms with Crippen LogP contribution in [0, 0.1) is 11.8 Å². The van der Waals surface area contributed by atoms with Crippen LogP contribution in [-0.2, 0) is 11.2 Å². The number of fused-ring (bicyclic) bond motifs is 1. The Labute approximate surface area is 137 Å². The first-order chi connectivity index (χ1) is 11.0. The van der Waals surface area contributed by atoms with E-state index in [0.29, 0.717) is 12.5 Å². The second-order valence-corrected chi connectivity index (χ2v) is 6.92. The molecule has 2 aliphatic rings. The lowest BCUT2D eigenvalue weighted by atomic mass is 10.1. The van der Waals surface area contributed by atoms with Gasteiger partial charge in [-0.15, -0.1) is 0 Å². The number of hydrogen-bond acceptors (Lipinski definition) is 2. The average molecular weight is 315 g/mol. The van der Waals surface area contributed by atoms with Crippen molar-refractivity contribution in [2.45, 2.75) is 39.5 Å². The minimum Gasteiger partial charge on any atom is -0.338 e. The third-order valence-corrected chi connectivity index (χ3v) is 4.44. The molecule has 1 fully saturated rings. The van der Waals surface area contributed by atoms with Gasteiger partial charge < -0.3 is 15.5 Å². The minimum atomic E-state index is -0.191. The molecule has 3 amide bonds. The molecule has 0 unspecified atom stereocenters. The Balaban J connectivity index is 1.62. The highest BCUT2D eigenvalue weighted by Crippen LogP contribution is 2.37. The standard InChI is InChI=1S/C18H25N3O2/c1-12(2)7-9-19-18(23)20-15-6-5-13-8-10-21(16(13)11-15)17(22)14-3-4-14/h5-6,11-12,14H,3-4,7-10H2,1-2H3,(H2,19,20,23). The van der Waals surface area contributed by atoms with Gasteiger partial charge in [-0.05, 0) is 49.3 Å². The average Bonchev–Trinajstić information content (AvgIpc) is 3.26. The van der Waals surface area contributed by atoms with Gasteiger partial charge in [-0.2, -0.15) is 0 Å². The fourth-order valence-electron chi connectivity index (χ4n) is 2.89. The van der Waals surface area contributed by atoms with Crippen molar-refractivity contribution in [1.82, 2.24) is 5.32 Å². The van der Waals surface area contributed by atoms with E-state index in [-0.39, 0.29) is 17.9 Å². The Hall–Kier alpha value is -2.04. The largest absolute Gasteiger partial charge is 0.338 e. The Morgan fingerprint density at radius 1 is 1.30 bits per heavy atom. The molecule has 124 valence electrons. The molecule has 1 aromatic rings. The quantitative estimate of drug-likeness (QED) is 0.877. The third kappa shape index (κ3) is 3.84. The summed E-state index contributed by atoms with van der Waals surface area (Å²) in [5.41, 5.74) is 2.88. The van der Waals surface area contributed by atoms with Gasteiger partial charge in [0, 0.05) is 30.4 Å². The first kappa shape index (κ1) is 15.8. The molecule has 1 aliphatic heterocycles. The van der Waals surface area contributed by atoms with Crippen molar-refractivity contribution in [2.24, 2.45) is 11.8 Å². The maximum Gasteiger partial charge on any atom is 0.319 e. The van der Waals surface area contributed by atoms with Crippen LogP contribution >= 0.6 is 0 Å². The predicted octanol–water partition coefficient (Wildman–Crippen LogP) is 3.15. The van der Waals surface area contributed by atoms with E-state index >= 15 is 0 Å². The summed E-state index contributed by atoms with van der Waals surface area (Å²) in [4.78, 5) is 26.1. The topological polar surface area (TPSA) is 61.4 Å². The number of rotatable bonds is 5. The van der Waals surface area contributed by atoms with Crippen LogP contribution in [0.15, 0.2) is 18.2 Å². The summed E-state index contributed by atoms with van der Waals surface area (Å²) < 4.78 is 0. The second kappa shape index (κ2) is 6.60. The van der Waals surface area contributed by atoms with Crippen LogP contribution in [0.1, 0.15) is 38.7 Å². The lowest BCUT2D eigenvalue weighted by Gasteiger charge is -2.18. The van der Waals surface area contributed by atoms with E-state index in [4.69, 9.17) is 0 Å². The Morgan fingerprint density at radius 2 is 2.09 bits per heavy atom. The molecule has 1 aromatic carbocycles. The number of nitrogens with zero attached hydrogens (tertiary/aromatic N) is 1. The number of anilines is 2. The van der Waals surface area contributed by atoms with Gasteiger partial charge in [0.2, 0.25) is 5.91 Å². The normalized spacial score (nSPS) is 16.4. The van der Waals surface area contributed by atoms with Crippen LogP contribution in [0.25, 0.3) is 0 Å². The van der Waals surface area contributed by atoms with Crippen molar-refractivity contribution >= 4 is 23.3 Å². The Morgan fingerprint density at radius 3 is 2.78 bits per heavy atom. The molecule has 23 heavy (non-hydrogen) atoms. The Kier molecular flexibility index (Phi) is 4.55. The van der Waals surface area contributed by atoms with Crippen LogP contribution in [0.3, 0.4) is 0 Å². The maximum atomic E-state index is 12.3. The molecule has 0 atom stereocenters. The van der Waals surface area contributed by atoms with Gasteiger partial charge in [0.1, 0.15) is 0 Å². The zero-order valence-corrected chi connectivity index (χ0v) is 13.9. The van der Waals surface area contributed by atoms with Crippen molar-refractivity contribution in [1.29, 1.82) is 0 Å². The molecular weight excluding hydrogens is 290 g/mol. The fraction of sp³-hybridized carbons (Fsp3) is 0.556. The van der Waals surface area contributed by atoms with Crippen molar-refractivity contribution in [3.63, 3.8) is 0 Å². The fourth-order valence-corrected chi connectivity index (χ4v) is 2.89. The van der Waals surface area contributed by atoms with E-state index in [0.717, 1.165) is 43.6 Å². The van der Waals surface area contributed by atoms with E-state index in [2.05, 4.69) is 24.5 Å². The Bertz CT molecular complexity index is 608. The van der Waals surface area contributed by atoms with Gasteiger partial charge in [0.15, 0.2) is 0 Å². The molecule has 0 aromatic heterocycles. The number of carbonyl (C=O) groups excluding carboxylic acids is 2. The predicted molar refractivity (Wildman–Crippen MR) is 91.7 cm³/mol. The van der Waals surface area contributed by atoms with Gasteiger partial charge in [0.25, 0.3) is 0 Å². The van der Waals surface area contributed by atoms with Crippen LogP contribution in [0.2, 0.25) is 0 Å². The number of urea groups is 1. The van der Waals surface area contributed by atoms with E-state index < -0.39 is 0 Å². The van der Waals surface area contributed by atoms with Gasteiger partial charge in [-0.1, -0.05) is 19.9 Å². The van der Waals surface area contributed by atoms with Gasteiger partial charge in [-0.25, -0.2) is 4.79 Å². The molecule has 1 saturated carbocycles. The molecule has 0 saturated heterocycles. The highest BCUT2D eigenvalue weighted by Gasteiger charge is 2.36. The number of benzene rings is 1. The van der Waals surface area contributed by atoms with Crippen LogP contribution < -0.4 is 15.5 Å². The van der Waals surface area contributed by atoms with Crippen molar-refractivity contribution in [3.05, 3.63) is 23.8 Å². The van der Waals surface area contributed by atoms with Gasteiger partial charge >= 0.3 is 6.03 Å². The second-order valence-electron chi connectivity index (χ2n) is 6.92. The van der Waals surface area contributed by atoms with Crippen LogP contribution in [-0.4, -0.2) is 25.0 Å². The summed E-state index contributed by atoms with van der Waals surface area (Å²) in [6, 6.07) is 5.65. The summed E-state index contributed by atoms with van der Waals surface area (Å²) in [7, 11) is 0. The molecule has 5 heteroatoms. The molecule has 3 rings (SSSR count). The zero-order valence-electron chi connectivity index (χ0n) is 13.9. The summed E-state index contributed by atoms with van der Waals surface area (Å²) in [5, 5.41) is 5.72. The zero-order chi connectivity index (χ0) is 16.4. The van der Waals surface area contributed by atoms with Crippen molar-refractivity contribution in [2.75, 3.05) is 23.3 Å². The minimum absolute atomic E-state index is 0.191. The third-order valence-electron chi connectivity index (χ3n) is 4.44. The van der Waals surface area contributed by atoms with E-state index in [9.17, 15) is 9.59 Å². The van der Waals surface area contributed by atoms with Crippen molar-refractivity contribution < 1.29 is 9.59 Å². The number of carbonyl (C=O) groups is 2. The SMILES string of the molecule is CC(C)CCNC(=O)Nc1ccc2c(c1)N(C(=O)C1CC1)CC2. The highest BCUT2D eigenvalue weighted by atomic mass is 16.2. The molecule has 0 spiro atoms. The molecule has 2 N–H and O–H groups in total. The number of amides is 3. The molecule has 5 nitrogen and oxygen atoms in total. The van der Waals surface area contributed by atoms with Crippen LogP contribution in [0.5, 0.6) is 0 Å². The molecule has 0 radical (unpaired) electrons. The summed E-state index contributed by atoms with van der Waals surface area (Å²) in [6.45, 7) is 5.69. The molecule has 1 aliphatic carbocycles. The van der Waals surface area contributed by atoms with Gasteiger partial charge in [0.05, 0.1) is 0 Å². The molecule has 0 bridgehead atoms. The molecule has 1 heterocycles. The lowest BCUT2D eigenvalue weighted by Crippen LogP contribution is -2.31. The van der Waals surface area contributed by atoms with Crippen molar-refractivity contribution in [3.8, 4) is 0 Å². The van der Waals surface area contributed by atoms with E-state index in [1.807, 2.05) is 23.1 Å². The van der Waals surface area contributed by atoms with Gasteiger partial charge in [-0.3, -0.25) is 4.79 Å². The van der Waals surface area contributed by atoms with E-state index in [1.165, 1.54) is 5.56 Å². The summed E-state index contributed by atoms with van der Waals surface area (Å²) in [6.07, 6.45) is 3.89. The lowest BCUT2D eigenvalue weighted by molar-refractivity contribution is -0.119. The first-order valence-electron chi connectivity index (χ1n) is 8.53. The van der Waals surface area contributed by atoms with Crippen LogP contribution in [0.4, 0.5) is 16.2 Å². The smallest absolute Gasteiger partial charge is 0.319 e. The number of nitrogens with one attached hydrogen (secondary N) is 2. The maximum absolute atomic E-state index is 12.3. The molecular formula is C18H25N3O2. The van der Waals surface area contributed by atoms with E-state index in [1.54, 1.807) is 0 Å². The number of hydrogen-bond donors (Lipinski definition) is 2. The summed E-state index contributed by atoms with van der Waals surface area (Å²) >= 11 is 0. The summed E-state index contributed by atoms with van der Waals surface area (Å²) in [5.74, 6) is 1.02. The monoisotopic (exact) mass is 315 g/mol.